The largest absolute Gasteiger partial charge is 0.496 e. The maximum absolute atomic E-state index is 13.5. The third-order valence-corrected chi connectivity index (χ3v) is 3.90. The Labute approximate surface area is 120 Å². The highest BCUT2D eigenvalue weighted by Crippen LogP contribution is 2.29. The molecule has 0 aliphatic carbocycles. The Bertz CT molecular complexity index is 574. The minimum atomic E-state index is -0.273. The van der Waals surface area contributed by atoms with Crippen LogP contribution in [-0.4, -0.2) is 7.11 Å². The van der Waals surface area contributed by atoms with Crippen LogP contribution in [-0.2, 0) is 6.42 Å². The number of halogens is 2. The van der Waals surface area contributed by atoms with Crippen molar-refractivity contribution >= 4 is 15.9 Å². The Balaban J connectivity index is 2.26. The molecule has 0 aliphatic heterocycles. The van der Waals surface area contributed by atoms with Crippen molar-refractivity contribution in [2.75, 3.05) is 7.11 Å². The quantitative estimate of drug-likeness (QED) is 0.927. The van der Waals surface area contributed by atoms with Crippen molar-refractivity contribution < 1.29 is 9.13 Å². The van der Waals surface area contributed by atoms with E-state index < -0.39 is 0 Å². The topological polar surface area (TPSA) is 35.2 Å². The number of nitrogens with two attached hydrogens (primary N) is 1. The molecule has 0 bridgehead atoms. The Kier molecular flexibility index (Phi) is 4.56. The zero-order valence-electron chi connectivity index (χ0n) is 10.6. The molecule has 2 rings (SSSR count). The maximum atomic E-state index is 13.5. The predicted molar refractivity (Wildman–Crippen MR) is 77.7 cm³/mol. The van der Waals surface area contributed by atoms with Crippen molar-refractivity contribution in [3.8, 4) is 5.75 Å². The number of hydrogen-bond donors (Lipinski definition) is 1. The van der Waals surface area contributed by atoms with Crippen molar-refractivity contribution in [2.45, 2.75) is 12.5 Å². The number of rotatable bonds is 4. The molecule has 0 amide bonds. The van der Waals surface area contributed by atoms with Gasteiger partial charge in [0.25, 0.3) is 0 Å². The smallest absolute Gasteiger partial charge is 0.137 e. The Morgan fingerprint density at radius 1 is 1.21 bits per heavy atom. The molecule has 0 fully saturated rings. The molecule has 2 N–H and O–H groups in total. The van der Waals surface area contributed by atoms with E-state index in [0.717, 1.165) is 16.9 Å². The molecule has 2 aromatic rings. The van der Waals surface area contributed by atoms with Crippen LogP contribution in [0.15, 0.2) is 46.9 Å². The Morgan fingerprint density at radius 2 is 1.95 bits per heavy atom. The number of benzene rings is 2. The van der Waals surface area contributed by atoms with Crippen LogP contribution >= 0.6 is 15.9 Å². The highest BCUT2D eigenvalue weighted by atomic mass is 79.9. The summed E-state index contributed by atoms with van der Waals surface area (Å²) in [6.45, 7) is 0. The summed E-state index contributed by atoms with van der Waals surface area (Å²) in [4.78, 5) is 0. The fourth-order valence-electron chi connectivity index (χ4n) is 2.03. The van der Waals surface area contributed by atoms with Gasteiger partial charge in [0, 0.05) is 11.6 Å². The number of ether oxygens (including phenoxy) is 1. The standard InChI is InChI=1S/C15H15BrFNO/c1-19-14-8-3-2-6-11(14)13(18)9-10-5-4-7-12(17)15(10)16/h2-8,13H,9,18H2,1H3. The van der Waals surface area contributed by atoms with Gasteiger partial charge >= 0.3 is 0 Å². The van der Waals surface area contributed by atoms with E-state index in [1.807, 2.05) is 30.3 Å². The number of para-hydroxylation sites is 1. The van der Waals surface area contributed by atoms with E-state index in [4.69, 9.17) is 10.5 Å². The molecule has 100 valence electrons. The fraction of sp³-hybridized carbons (Fsp3) is 0.200. The summed E-state index contributed by atoms with van der Waals surface area (Å²) in [5, 5.41) is 0. The first-order valence-electron chi connectivity index (χ1n) is 5.95. The van der Waals surface area contributed by atoms with Crippen LogP contribution in [0.5, 0.6) is 5.75 Å². The van der Waals surface area contributed by atoms with Gasteiger partial charge in [-0.05, 0) is 40.0 Å². The van der Waals surface area contributed by atoms with Gasteiger partial charge in [-0.2, -0.15) is 0 Å². The summed E-state index contributed by atoms with van der Waals surface area (Å²) in [6, 6.07) is 12.3. The fourth-order valence-corrected chi connectivity index (χ4v) is 2.45. The molecule has 0 heterocycles. The average molecular weight is 324 g/mol. The van der Waals surface area contributed by atoms with Crippen molar-refractivity contribution in [1.82, 2.24) is 0 Å². The van der Waals surface area contributed by atoms with Gasteiger partial charge in [-0.15, -0.1) is 0 Å². The van der Waals surface area contributed by atoms with Crippen LogP contribution in [0.4, 0.5) is 4.39 Å². The van der Waals surface area contributed by atoms with E-state index in [-0.39, 0.29) is 11.9 Å². The van der Waals surface area contributed by atoms with Crippen LogP contribution in [0, 0.1) is 5.82 Å². The summed E-state index contributed by atoms with van der Waals surface area (Å²) in [5.41, 5.74) is 7.96. The summed E-state index contributed by atoms with van der Waals surface area (Å²) < 4.78 is 19.2. The van der Waals surface area contributed by atoms with Crippen molar-refractivity contribution in [2.24, 2.45) is 5.73 Å². The van der Waals surface area contributed by atoms with Crippen LogP contribution in [0.3, 0.4) is 0 Å². The highest BCUT2D eigenvalue weighted by molar-refractivity contribution is 9.10. The molecule has 2 aromatic carbocycles. The lowest BCUT2D eigenvalue weighted by molar-refractivity contribution is 0.405. The summed E-state index contributed by atoms with van der Waals surface area (Å²) in [7, 11) is 1.61. The van der Waals surface area contributed by atoms with Crippen LogP contribution in [0.25, 0.3) is 0 Å². The lowest BCUT2D eigenvalue weighted by Crippen LogP contribution is -2.14. The second-order valence-electron chi connectivity index (χ2n) is 4.27. The Morgan fingerprint density at radius 3 is 2.68 bits per heavy atom. The first kappa shape index (κ1) is 14.0. The van der Waals surface area contributed by atoms with E-state index in [9.17, 15) is 4.39 Å². The van der Waals surface area contributed by atoms with E-state index in [1.165, 1.54) is 6.07 Å². The molecular weight excluding hydrogens is 309 g/mol. The summed E-state index contributed by atoms with van der Waals surface area (Å²) >= 11 is 3.26. The highest BCUT2D eigenvalue weighted by Gasteiger charge is 2.14. The first-order chi connectivity index (χ1) is 9.13. The molecule has 2 nitrogen and oxygen atoms in total. The molecular formula is C15H15BrFNO. The molecule has 0 radical (unpaired) electrons. The second-order valence-corrected chi connectivity index (χ2v) is 5.06. The monoisotopic (exact) mass is 323 g/mol. The SMILES string of the molecule is COc1ccccc1C(N)Cc1cccc(F)c1Br. The van der Waals surface area contributed by atoms with E-state index >= 15 is 0 Å². The van der Waals surface area contributed by atoms with Crippen LogP contribution < -0.4 is 10.5 Å². The predicted octanol–water partition coefficient (Wildman–Crippen LogP) is 3.84. The molecule has 1 atom stereocenters. The van der Waals surface area contributed by atoms with E-state index in [1.54, 1.807) is 13.2 Å². The van der Waals surface area contributed by atoms with Gasteiger partial charge < -0.3 is 10.5 Å². The van der Waals surface area contributed by atoms with Crippen LogP contribution in [0.2, 0.25) is 0 Å². The lowest BCUT2D eigenvalue weighted by Gasteiger charge is -2.16. The first-order valence-corrected chi connectivity index (χ1v) is 6.74. The van der Waals surface area contributed by atoms with Gasteiger partial charge in [0.1, 0.15) is 11.6 Å². The van der Waals surface area contributed by atoms with Crippen molar-refractivity contribution in [3.63, 3.8) is 0 Å². The van der Waals surface area contributed by atoms with Crippen molar-refractivity contribution in [3.05, 3.63) is 63.9 Å². The molecule has 1 unspecified atom stereocenters. The van der Waals surface area contributed by atoms with Gasteiger partial charge in [-0.25, -0.2) is 4.39 Å². The minimum Gasteiger partial charge on any atom is -0.496 e. The molecule has 19 heavy (non-hydrogen) atoms. The average Bonchev–Trinajstić information content (AvgIpc) is 2.43. The van der Waals surface area contributed by atoms with Gasteiger partial charge in [-0.1, -0.05) is 30.3 Å². The van der Waals surface area contributed by atoms with Crippen LogP contribution in [0.1, 0.15) is 17.2 Å². The third kappa shape index (κ3) is 3.14. The summed E-state index contributed by atoms with van der Waals surface area (Å²) in [6.07, 6.45) is 0.540. The third-order valence-electron chi connectivity index (χ3n) is 3.01. The zero-order valence-corrected chi connectivity index (χ0v) is 12.2. The molecule has 4 heteroatoms. The van der Waals surface area contributed by atoms with Gasteiger partial charge in [-0.3, -0.25) is 0 Å². The number of methoxy groups -OCH3 is 1. The molecule has 0 aliphatic rings. The van der Waals surface area contributed by atoms with Gasteiger partial charge in [0.15, 0.2) is 0 Å². The van der Waals surface area contributed by atoms with E-state index in [0.29, 0.717) is 10.9 Å². The lowest BCUT2D eigenvalue weighted by atomic mass is 9.99. The van der Waals surface area contributed by atoms with Gasteiger partial charge in [0.2, 0.25) is 0 Å². The molecule has 0 aromatic heterocycles. The normalized spacial score (nSPS) is 12.2. The summed E-state index contributed by atoms with van der Waals surface area (Å²) in [5.74, 6) is 0.479. The molecule has 0 saturated heterocycles. The van der Waals surface area contributed by atoms with Gasteiger partial charge in [0.05, 0.1) is 11.6 Å². The Hall–Kier alpha value is -1.39. The second kappa shape index (κ2) is 6.17. The van der Waals surface area contributed by atoms with Crippen molar-refractivity contribution in [1.29, 1.82) is 0 Å². The minimum absolute atomic E-state index is 0.241. The molecule has 0 spiro atoms. The number of hydrogen-bond acceptors (Lipinski definition) is 2. The zero-order chi connectivity index (χ0) is 13.8. The van der Waals surface area contributed by atoms with E-state index in [2.05, 4.69) is 15.9 Å². The maximum Gasteiger partial charge on any atom is 0.137 e. The molecule has 0 saturated carbocycles.